The molecule has 0 bridgehead atoms. The minimum atomic E-state index is -3.74. The number of rotatable bonds is 7. The molecule has 186 valence electrons. The second kappa shape index (κ2) is 9.63. The van der Waals surface area contributed by atoms with Crippen molar-refractivity contribution in [3.05, 3.63) is 63.3 Å². The van der Waals surface area contributed by atoms with Gasteiger partial charge in [-0.25, -0.2) is 17.8 Å². The van der Waals surface area contributed by atoms with Crippen molar-refractivity contribution in [2.24, 2.45) is 0 Å². The molecule has 35 heavy (non-hydrogen) atoms. The summed E-state index contributed by atoms with van der Waals surface area (Å²) >= 11 is 7.22. The summed E-state index contributed by atoms with van der Waals surface area (Å²) in [5.41, 5.74) is 0.431. The van der Waals surface area contributed by atoms with Gasteiger partial charge in [0.25, 0.3) is 5.91 Å². The molecule has 4 rings (SSSR count). The number of thiophene rings is 1. The van der Waals surface area contributed by atoms with Gasteiger partial charge in [-0.05, 0) is 57.5 Å². The maximum atomic E-state index is 13.0. The molecule has 0 aromatic carbocycles. The smallest absolute Gasteiger partial charge is 0.419 e. The van der Waals surface area contributed by atoms with Gasteiger partial charge in [-0.1, -0.05) is 11.6 Å². The number of carbonyl (C=O) groups excluding carboxylic acids is 2. The molecule has 0 saturated heterocycles. The van der Waals surface area contributed by atoms with E-state index in [0.717, 1.165) is 10.3 Å². The molecule has 0 aliphatic carbocycles. The molecule has 0 unspecified atom stereocenters. The fourth-order valence-electron chi connectivity index (χ4n) is 3.65. The molecule has 12 heteroatoms. The predicted octanol–water partition coefficient (Wildman–Crippen LogP) is 3.92. The Morgan fingerprint density at radius 2 is 2.06 bits per heavy atom. The topological polar surface area (TPSA) is 111 Å². The van der Waals surface area contributed by atoms with Gasteiger partial charge in [0.05, 0.1) is 22.2 Å². The van der Waals surface area contributed by atoms with E-state index in [2.05, 4.69) is 9.71 Å². The molecular formula is C23H25ClN4O5S2. The zero-order valence-corrected chi connectivity index (χ0v) is 21.8. The van der Waals surface area contributed by atoms with E-state index in [0.29, 0.717) is 22.0 Å². The first kappa shape index (κ1) is 25.2. The summed E-state index contributed by atoms with van der Waals surface area (Å²) in [7, 11) is -3.74. The van der Waals surface area contributed by atoms with Crippen LogP contribution in [0.5, 0.6) is 0 Å². The Morgan fingerprint density at radius 1 is 1.29 bits per heavy atom. The van der Waals surface area contributed by atoms with Gasteiger partial charge in [0.1, 0.15) is 11.3 Å². The van der Waals surface area contributed by atoms with Gasteiger partial charge >= 0.3 is 6.09 Å². The van der Waals surface area contributed by atoms with Crippen LogP contribution in [0, 0.1) is 0 Å². The van der Waals surface area contributed by atoms with Crippen LogP contribution in [0.25, 0.3) is 10.9 Å². The molecule has 0 fully saturated rings. The molecule has 0 atom stereocenters. The fraction of sp³-hybridized carbons (Fsp3) is 0.348. The molecule has 1 aliphatic rings. The highest BCUT2D eigenvalue weighted by Gasteiger charge is 2.30. The van der Waals surface area contributed by atoms with Crippen LogP contribution in [0.2, 0.25) is 4.34 Å². The quantitative estimate of drug-likeness (QED) is 0.490. The number of nitrogens with zero attached hydrogens (tertiary/aromatic N) is 3. The number of aromatic nitrogens is 2. The molecule has 3 aromatic rings. The lowest BCUT2D eigenvalue weighted by Gasteiger charge is -2.22. The van der Waals surface area contributed by atoms with Gasteiger partial charge in [0.15, 0.2) is 0 Å². The number of pyridine rings is 1. The standard InChI is InChI=1S/C23H25ClN4O5S2/c1-23(2,3)33-22(30)28-16(12-15-13-25-9-6-19(15)28)14-27-10-7-18(21(27)29)26-35(31,32)11-8-17-4-5-20(24)34-17/h4-7,9,12-13,26H,8,10-11,14H2,1-3H3. The first-order valence-corrected chi connectivity index (χ1v) is 13.7. The molecule has 3 aromatic heterocycles. The zero-order chi connectivity index (χ0) is 25.4. The van der Waals surface area contributed by atoms with Crippen molar-refractivity contribution < 1.29 is 22.7 Å². The third-order valence-electron chi connectivity index (χ3n) is 5.15. The number of nitrogens with one attached hydrogen (secondary N) is 1. The number of hydrogen-bond acceptors (Lipinski definition) is 7. The first-order chi connectivity index (χ1) is 16.4. The second-order valence-corrected chi connectivity index (χ2v) is 12.7. The number of hydrogen-bond donors (Lipinski definition) is 1. The fourth-order valence-corrected chi connectivity index (χ4v) is 5.96. The lowest BCUT2D eigenvalue weighted by molar-refractivity contribution is -0.126. The summed E-state index contributed by atoms with van der Waals surface area (Å²) in [5.74, 6) is -0.638. The van der Waals surface area contributed by atoms with Crippen molar-refractivity contribution in [1.29, 1.82) is 0 Å². The van der Waals surface area contributed by atoms with E-state index in [1.54, 1.807) is 57.4 Å². The van der Waals surface area contributed by atoms with E-state index >= 15 is 0 Å². The van der Waals surface area contributed by atoms with Crippen molar-refractivity contribution in [2.45, 2.75) is 39.3 Å². The van der Waals surface area contributed by atoms with E-state index in [1.807, 2.05) is 0 Å². The SMILES string of the molecule is CC(C)(C)OC(=O)n1c(CN2CC=C(NS(=O)(=O)CCc3ccc(Cl)s3)C2=O)cc2cnccc21. The molecule has 4 heterocycles. The summed E-state index contributed by atoms with van der Waals surface area (Å²) in [4.78, 5) is 32.3. The molecule has 0 radical (unpaired) electrons. The van der Waals surface area contributed by atoms with Crippen LogP contribution >= 0.6 is 22.9 Å². The van der Waals surface area contributed by atoms with E-state index in [9.17, 15) is 18.0 Å². The molecule has 0 saturated carbocycles. The summed E-state index contributed by atoms with van der Waals surface area (Å²) in [6.07, 6.45) is 4.46. The van der Waals surface area contributed by atoms with Crippen molar-refractivity contribution in [3.8, 4) is 0 Å². The van der Waals surface area contributed by atoms with Gasteiger partial charge in [-0.3, -0.25) is 14.5 Å². The van der Waals surface area contributed by atoms with Crippen LogP contribution in [-0.4, -0.2) is 52.8 Å². The third kappa shape index (κ3) is 6.03. The molecule has 0 spiro atoms. The number of carbonyl (C=O) groups is 2. The van der Waals surface area contributed by atoms with E-state index in [4.69, 9.17) is 16.3 Å². The van der Waals surface area contributed by atoms with Gasteiger partial charge in [-0.2, -0.15) is 0 Å². The minimum absolute atomic E-state index is 0.00388. The Hall–Kier alpha value is -2.89. The Balaban J connectivity index is 1.47. The highest BCUT2D eigenvalue weighted by atomic mass is 35.5. The largest absolute Gasteiger partial charge is 0.443 e. The van der Waals surface area contributed by atoms with Crippen LogP contribution in [-0.2, 0) is 32.5 Å². The molecule has 1 aliphatic heterocycles. The van der Waals surface area contributed by atoms with Crippen molar-refractivity contribution >= 4 is 55.9 Å². The average Bonchev–Trinajstić information content (AvgIpc) is 3.44. The summed E-state index contributed by atoms with van der Waals surface area (Å²) < 4.78 is 35.1. The molecular weight excluding hydrogens is 512 g/mol. The Labute approximate surface area is 212 Å². The normalized spacial score (nSPS) is 14.5. The number of amides is 1. The van der Waals surface area contributed by atoms with Crippen LogP contribution in [0.15, 0.2) is 48.4 Å². The van der Waals surface area contributed by atoms with Gasteiger partial charge in [0, 0.05) is 34.9 Å². The highest BCUT2D eigenvalue weighted by molar-refractivity contribution is 7.89. The number of sulfonamides is 1. The summed E-state index contributed by atoms with van der Waals surface area (Å²) in [6.45, 7) is 5.61. The van der Waals surface area contributed by atoms with Crippen LogP contribution in [0.1, 0.15) is 31.3 Å². The number of aryl methyl sites for hydroxylation is 1. The molecule has 9 nitrogen and oxygen atoms in total. The maximum absolute atomic E-state index is 13.0. The average molecular weight is 537 g/mol. The summed E-state index contributed by atoms with van der Waals surface area (Å²) in [6, 6.07) is 6.97. The lowest BCUT2D eigenvalue weighted by atomic mass is 10.2. The van der Waals surface area contributed by atoms with Crippen molar-refractivity contribution in [3.63, 3.8) is 0 Å². The highest BCUT2D eigenvalue weighted by Crippen LogP contribution is 2.25. The number of ether oxygens (including phenoxy) is 1. The van der Waals surface area contributed by atoms with Crippen LogP contribution < -0.4 is 4.72 Å². The van der Waals surface area contributed by atoms with E-state index < -0.39 is 27.6 Å². The zero-order valence-electron chi connectivity index (χ0n) is 19.4. The first-order valence-electron chi connectivity index (χ1n) is 10.8. The minimum Gasteiger partial charge on any atom is -0.443 e. The van der Waals surface area contributed by atoms with E-state index in [-0.39, 0.29) is 24.5 Å². The Bertz CT molecular complexity index is 1420. The molecule has 1 N–H and O–H groups in total. The number of fused-ring (bicyclic) bond motifs is 1. The lowest BCUT2D eigenvalue weighted by Crippen LogP contribution is -2.35. The predicted molar refractivity (Wildman–Crippen MR) is 135 cm³/mol. The van der Waals surface area contributed by atoms with Gasteiger partial charge in [0.2, 0.25) is 10.0 Å². The Kier molecular flexibility index (Phi) is 6.94. The monoisotopic (exact) mass is 536 g/mol. The van der Waals surface area contributed by atoms with Crippen molar-refractivity contribution in [1.82, 2.24) is 19.2 Å². The van der Waals surface area contributed by atoms with Gasteiger partial charge < -0.3 is 9.64 Å². The van der Waals surface area contributed by atoms with Crippen molar-refractivity contribution in [2.75, 3.05) is 12.3 Å². The van der Waals surface area contributed by atoms with Crippen LogP contribution in [0.4, 0.5) is 4.79 Å². The summed E-state index contributed by atoms with van der Waals surface area (Å²) in [5, 5.41) is 0.725. The third-order valence-corrected chi connectivity index (χ3v) is 7.72. The maximum Gasteiger partial charge on any atom is 0.419 e. The van der Waals surface area contributed by atoms with Crippen LogP contribution in [0.3, 0.4) is 0 Å². The number of halogens is 1. The molecule has 1 amide bonds. The Morgan fingerprint density at radius 3 is 2.74 bits per heavy atom. The van der Waals surface area contributed by atoms with Gasteiger partial charge in [-0.15, -0.1) is 11.3 Å². The van der Waals surface area contributed by atoms with E-state index in [1.165, 1.54) is 26.9 Å². The second-order valence-electron chi connectivity index (χ2n) is 9.07.